The largest absolute Gasteiger partial charge is 0.452 e. The number of nitrogens with zero attached hydrogens (tertiary/aromatic N) is 2. The van der Waals surface area contributed by atoms with Crippen LogP contribution < -0.4 is 5.32 Å². The maximum absolute atomic E-state index is 13.4. The van der Waals surface area contributed by atoms with E-state index in [4.69, 9.17) is 4.74 Å². The average molecular weight is 323 g/mol. The van der Waals surface area contributed by atoms with Crippen LogP contribution >= 0.6 is 0 Å². The van der Waals surface area contributed by atoms with Crippen molar-refractivity contribution in [3.63, 3.8) is 0 Å². The van der Waals surface area contributed by atoms with Crippen molar-refractivity contribution in [1.29, 1.82) is 0 Å². The number of hydrogen-bond acceptors (Lipinski definition) is 4. The molecule has 0 aliphatic carbocycles. The van der Waals surface area contributed by atoms with Crippen molar-refractivity contribution in [3.8, 4) is 0 Å². The molecular weight excluding hydrogens is 308 g/mol. The normalized spacial score (nSPS) is 10.7. The number of carbonyl (C=O) groups is 2. The summed E-state index contributed by atoms with van der Waals surface area (Å²) in [5.41, 5.74) is -0.438. The molecule has 0 bridgehead atoms. The van der Waals surface area contributed by atoms with Crippen molar-refractivity contribution in [2.45, 2.75) is 19.9 Å². The molecule has 0 saturated carbocycles. The number of halogens is 2. The predicted molar refractivity (Wildman–Crippen MR) is 77.9 cm³/mol. The molecule has 122 valence electrons. The van der Waals surface area contributed by atoms with Gasteiger partial charge in [0.15, 0.2) is 6.61 Å². The van der Waals surface area contributed by atoms with Gasteiger partial charge in [0.05, 0.1) is 11.8 Å². The summed E-state index contributed by atoms with van der Waals surface area (Å²) in [7, 11) is 0. The molecule has 0 fully saturated rings. The Hall–Kier alpha value is -2.77. The van der Waals surface area contributed by atoms with Gasteiger partial charge in [0.25, 0.3) is 5.91 Å². The number of nitrogens with one attached hydrogen (secondary N) is 1. The van der Waals surface area contributed by atoms with E-state index < -0.39 is 35.7 Å². The Balaban J connectivity index is 1.93. The lowest BCUT2D eigenvalue weighted by Gasteiger charge is -2.12. The lowest BCUT2D eigenvalue weighted by Crippen LogP contribution is -2.23. The molecule has 0 atom stereocenters. The van der Waals surface area contributed by atoms with Crippen molar-refractivity contribution >= 4 is 17.7 Å². The van der Waals surface area contributed by atoms with Gasteiger partial charge in [0.1, 0.15) is 17.5 Å². The third-order valence-electron chi connectivity index (χ3n) is 2.91. The number of rotatable bonds is 5. The number of esters is 1. The van der Waals surface area contributed by atoms with Crippen molar-refractivity contribution in [2.24, 2.45) is 0 Å². The maximum Gasteiger partial charge on any atom is 0.341 e. The second kappa shape index (κ2) is 6.99. The highest BCUT2D eigenvalue weighted by molar-refractivity contribution is 5.95. The Kier molecular flexibility index (Phi) is 5.05. The molecule has 1 amide bonds. The van der Waals surface area contributed by atoms with Crippen LogP contribution in [0.3, 0.4) is 0 Å². The van der Waals surface area contributed by atoms with Crippen molar-refractivity contribution < 1.29 is 23.1 Å². The summed E-state index contributed by atoms with van der Waals surface area (Å²) in [4.78, 5) is 23.5. The van der Waals surface area contributed by atoms with Crippen molar-refractivity contribution in [1.82, 2.24) is 9.78 Å². The zero-order valence-electron chi connectivity index (χ0n) is 12.5. The smallest absolute Gasteiger partial charge is 0.341 e. The van der Waals surface area contributed by atoms with Gasteiger partial charge in [-0.15, -0.1) is 0 Å². The van der Waals surface area contributed by atoms with E-state index >= 15 is 0 Å². The van der Waals surface area contributed by atoms with E-state index in [1.807, 2.05) is 13.8 Å². The second-order valence-corrected chi connectivity index (χ2v) is 5.00. The first-order chi connectivity index (χ1) is 10.9. The third kappa shape index (κ3) is 4.12. The molecule has 23 heavy (non-hydrogen) atoms. The summed E-state index contributed by atoms with van der Waals surface area (Å²) < 4.78 is 32.5. The highest BCUT2D eigenvalue weighted by Gasteiger charge is 2.16. The number of ether oxygens (including phenoxy) is 1. The van der Waals surface area contributed by atoms with Gasteiger partial charge in [-0.05, 0) is 26.0 Å². The maximum atomic E-state index is 13.4. The van der Waals surface area contributed by atoms with E-state index in [0.29, 0.717) is 11.9 Å². The molecule has 0 aliphatic rings. The minimum atomic E-state index is -1.05. The van der Waals surface area contributed by atoms with Crippen LogP contribution in [0.15, 0.2) is 30.5 Å². The highest BCUT2D eigenvalue weighted by Crippen LogP contribution is 2.13. The molecular formula is C15H15F2N3O3. The van der Waals surface area contributed by atoms with Crippen LogP contribution in [0.4, 0.5) is 14.6 Å². The molecule has 8 heteroatoms. The lowest BCUT2D eigenvalue weighted by atomic mass is 10.2. The summed E-state index contributed by atoms with van der Waals surface area (Å²) in [6.45, 7) is 3.18. The van der Waals surface area contributed by atoms with Crippen LogP contribution in [-0.2, 0) is 9.53 Å². The first-order valence-corrected chi connectivity index (χ1v) is 6.84. The summed E-state index contributed by atoms with van der Waals surface area (Å²) >= 11 is 0. The van der Waals surface area contributed by atoms with E-state index in [2.05, 4.69) is 10.4 Å². The van der Waals surface area contributed by atoms with Crippen LogP contribution in [0.1, 0.15) is 30.2 Å². The first-order valence-electron chi connectivity index (χ1n) is 6.84. The molecule has 1 N–H and O–H groups in total. The van der Waals surface area contributed by atoms with E-state index in [1.54, 1.807) is 10.7 Å². The van der Waals surface area contributed by atoms with Crippen LogP contribution in [0.5, 0.6) is 0 Å². The molecule has 1 aromatic heterocycles. The quantitative estimate of drug-likeness (QED) is 0.858. The topological polar surface area (TPSA) is 73.2 Å². The molecule has 2 rings (SSSR count). The Bertz CT molecular complexity index is 729. The van der Waals surface area contributed by atoms with Gasteiger partial charge < -0.3 is 10.1 Å². The second-order valence-electron chi connectivity index (χ2n) is 5.00. The van der Waals surface area contributed by atoms with Gasteiger partial charge in [0.2, 0.25) is 0 Å². The fourth-order valence-corrected chi connectivity index (χ4v) is 1.87. The molecule has 0 aliphatic heterocycles. The number of carbonyl (C=O) groups excluding carboxylic acids is 2. The molecule has 6 nitrogen and oxygen atoms in total. The van der Waals surface area contributed by atoms with E-state index in [9.17, 15) is 18.4 Å². The summed E-state index contributed by atoms with van der Waals surface area (Å²) in [6, 6.07) is 4.09. The number of benzene rings is 1. The lowest BCUT2D eigenvalue weighted by molar-refractivity contribution is -0.119. The Morgan fingerprint density at radius 1 is 1.30 bits per heavy atom. The number of aromatic nitrogens is 2. The standard InChI is InChI=1S/C15H15F2N3O3/c1-9(2)20-13(5-6-18-20)19-14(21)8-23-15(22)11-4-3-10(16)7-12(11)17/h3-7,9H,8H2,1-2H3,(H,19,21). The number of anilines is 1. The summed E-state index contributed by atoms with van der Waals surface area (Å²) in [5.74, 6) is -3.04. The van der Waals surface area contributed by atoms with Gasteiger partial charge in [0, 0.05) is 18.2 Å². The Labute approximate surface area is 131 Å². The van der Waals surface area contributed by atoms with E-state index in [-0.39, 0.29) is 6.04 Å². The van der Waals surface area contributed by atoms with Crippen molar-refractivity contribution in [2.75, 3.05) is 11.9 Å². The fourth-order valence-electron chi connectivity index (χ4n) is 1.87. The minimum absolute atomic E-state index is 0.0381. The third-order valence-corrected chi connectivity index (χ3v) is 2.91. The SMILES string of the molecule is CC(C)n1nccc1NC(=O)COC(=O)c1ccc(F)cc1F. The fraction of sp³-hybridized carbons (Fsp3) is 0.267. The average Bonchev–Trinajstić information content (AvgIpc) is 2.93. The van der Waals surface area contributed by atoms with Gasteiger partial charge >= 0.3 is 5.97 Å². The molecule has 1 heterocycles. The molecule has 0 spiro atoms. The first kappa shape index (κ1) is 16.6. The van der Waals surface area contributed by atoms with Gasteiger partial charge in [-0.2, -0.15) is 5.10 Å². The molecule has 1 aromatic carbocycles. The van der Waals surface area contributed by atoms with Crippen LogP contribution in [0.2, 0.25) is 0 Å². The van der Waals surface area contributed by atoms with Crippen LogP contribution in [-0.4, -0.2) is 28.3 Å². The highest BCUT2D eigenvalue weighted by atomic mass is 19.1. The zero-order chi connectivity index (χ0) is 17.0. The Morgan fingerprint density at radius 2 is 2.04 bits per heavy atom. The zero-order valence-corrected chi connectivity index (χ0v) is 12.5. The van der Waals surface area contributed by atoms with Gasteiger partial charge in [-0.25, -0.2) is 18.3 Å². The van der Waals surface area contributed by atoms with E-state index in [1.165, 1.54) is 6.20 Å². The molecule has 2 aromatic rings. The molecule has 0 unspecified atom stereocenters. The minimum Gasteiger partial charge on any atom is -0.452 e. The van der Waals surface area contributed by atoms with Crippen LogP contribution in [0, 0.1) is 11.6 Å². The predicted octanol–water partition coefficient (Wildman–Crippen LogP) is 2.54. The monoisotopic (exact) mass is 323 g/mol. The molecule has 0 saturated heterocycles. The van der Waals surface area contributed by atoms with Crippen LogP contribution in [0.25, 0.3) is 0 Å². The number of hydrogen-bond donors (Lipinski definition) is 1. The van der Waals surface area contributed by atoms with E-state index in [0.717, 1.165) is 12.1 Å². The summed E-state index contributed by atoms with van der Waals surface area (Å²) in [6.07, 6.45) is 1.52. The van der Waals surface area contributed by atoms with Crippen molar-refractivity contribution in [3.05, 3.63) is 47.7 Å². The number of amides is 1. The van der Waals surface area contributed by atoms with Gasteiger partial charge in [-0.1, -0.05) is 0 Å². The van der Waals surface area contributed by atoms with Gasteiger partial charge in [-0.3, -0.25) is 4.79 Å². The summed E-state index contributed by atoms with van der Waals surface area (Å²) in [5, 5.41) is 6.57. The Morgan fingerprint density at radius 3 is 2.70 bits per heavy atom. The molecule has 0 radical (unpaired) electrons.